The van der Waals surface area contributed by atoms with E-state index in [0.717, 1.165) is 22.0 Å². The monoisotopic (exact) mass is 339 g/mol. The fourth-order valence-electron chi connectivity index (χ4n) is 4.03. The molecule has 110 valence electrons. The first kappa shape index (κ1) is 14.1. The third kappa shape index (κ3) is 2.78. The van der Waals surface area contributed by atoms with Crippen LogP contribution in [0.1, 0.15) is 38.3 Å². The Labute approximate surface area is 128 Å². The summed E-state index contributed by atoms with van der Waals surface area (Å²) in [6, 6.07) is 0.290. The second-order valence-electron chi connectivity index (χ2n) is 6.45. The standard InChI is InChI=1S/C15H22BrN3O/c1-9(13-6-11-3-4-12(13)5-11)17-15(20)8-19-7-14(16)10(2)18-19/h7,9,11-13H,3-6,8H2,1-2H3,(H,17,20)/t9-,11+,12+,13+/m1/s1. The molecule has 2 bridgehead atoms. The van der Waals surface area contributed by atoms with Crippen LogP contribution in [-0.2, 0) is 11.3 Å². The van der Waals surface area contributed by atoms with Crippen molar-refractivity contribution in [1.29, 1.82) is 0 Å². The van der Waals surface area contributed by atoms with Crippen LogP contribution < -0.4 is 5.32 Å². The highest BCUT2D eigenvalue weighted by Crippen LogP contribution is 2.49. The minimum atomic E-state index is 0.0651. The molecule has 20 heavy (non-hydrogen) atoms. The largest absolute Gasteiger partial charge is 0.352 e. The van der Waals surface area contributed by atoms with Gasteiger partial charge in [0.1, 0.15) is 6.54 Å². The molecule has 2 saturated carbocycles. The molecular weight excluding hydrogens is 318 g/mol. The first-order chi connectivity index (χ1) is 9.52. The van der Waals surface area contributed by atoms with Gasteiger partial charge in [-0.25, -0.2) is 0 Å². The number of rotatable bonds is 4. The van der Waals surface area contributed by atoms with Gasteiger partial charge in [0.05, 0.1) is 10.2 Å². The summed E-state index contributed by atoms with van der Waals surface area (Å²) in [4.78, 5) is 12.1. The summed E-state index contributed by atoms with van der Waals surface area (Å²) in [5.41, 5.74) is 0.916. The fourth-order valence-corrected chi connectivity index (χ4v) is 4.35. The van der Waals surface area contributed by atoms with Crippen LogP contribution in [-0.4, -0.2) is 21.7 Å². The van der Waals surface area contributed by atoms with Gasteiger partial charge in [0, 0.05) is 12.2 Å². The molecule has 1 heterocycles. The van der Waals surface area contributed by atoms with Crippen LogP contribution in [0.15, 0.2) is 10.7 Å². The summed E-state index contributed by atoms with van der Waals surface area (Å²) in [5.74, 6) is 2.52. The minimum Gasteiger partial charge on any atom is -0.352 e. The zero-order valence-corrected chi connectivity index (χ0v) is 13.7. The first-order valence-electron chi connectivity index (χ1n) is 7.52. The molecule has 0 aromatic carbocycles. The molecule has 1 N–H and O–H groups in total. The Morgan fingerprint density at radius 1 is 1.55 bits per heavy atom. The van der Waals surface area contributed by atoms with Crippen LogP contribution in [0.4, 0.5) is 0 Å². The number of carbonyl (C=O) groups is 1. The fraction of sp³-hybridized carbons (Fsp3) is 0.733. The van der Waals surface area contributed by atoms with Crippen LogP contribution in [0.25, 0.3) is 0 Å². The van der Waals surface area contributed by atoms with Gasteiger partial charge in [0.2, 0.25) is 5.91 Å². The lowest BCUT2D eigenvalue weighted by molar-refractivity contribution is -0.122. The Morgan fingerprint density at radius 2 is 2.35 bits per heavy atom. The van der Waals surface area contributed by atoms with Crippen molar-refractivity contribution in [3.63, 3.8) is 0 Å². The number of nitrogens with zero attached hydrogens (tertiary/aromatic N) is 2. The van der Waals surface area contributed by atoms with Gasteiger partial charge >= 0.3 is 0 Å². The van der Waals surface area contributed by atoms with Gasteiger partial charge in [-0.1, -0.05) is 6.42 Å². The molecule has 0 unspecified atom stereocenters. The van der Waals surface area contributed by atoms with Crippen LogP contribution in [0.5, 0.6) is 0 Å². The summed E-state index contributed by atoms with van der Waals surface area (Å²) in [7, 11) is 0. The third-order valence-corrected chi connectivity index (χ3v) is 5.79. The van der Waals surface area contributed by atoms with Crippen molar-refractivity contribution in [2.24, 2.45) is 17.8 Å². The van der Waals surface area contributed by atoms with Gasteiger partial charge in [0.15, 0.2) is 0 Å². The van der Waals surface area contributed by atoms with E-state index in [-0.39, 0.29) is 11.9 Å². The molecule has 1 aromatic rings. The van der Waals surface area contributed by atoms with E-state index in [2.05, 4.69) is 33.3 Å². The summed E-state index contributed by atoms with van der Waals surface area (Å²) in [6.07, 6.45) is 7.31. The maximum atomic E-state index is 12.1. The van der Waals surface area contributed by atoms with E-state index in [1.54, 1.807) is 4.68 Å². The summed E-state index contributed by atoms with van der Waals surface area (Å²) in [6.45, 7) is 4.39. The Kier molecular flexibility index (Phi) is 3.89. The van der Waals surface area contributed by atoms with Crippen molar-refractivity contribution in [2.75, 3.05) is 0 Å². The Morgan fingerprint density at radius 3 is 2.90 bits per heavy atom. The molecule has 0 saturated heterocycles. The quantitative estimate of drug-likeness (QED) is 0.916. The number of carbonyl (C=O) groups excluding carboxylic acids is 1. The average Bonchev–Trinajstić information content (AvgIpc) is 3.06. The SMILES string of the molecule is Cc1nn(CC(=O)N[C@H](C)[C@@H]2C[C@H]3CC[C@H]2C3)cc1Br. The van der Waals surface area contributed by atoms with E-state index in [4.69, 9.17) is 0 Å². The van der Waals surface area contributed by atoms with Gasteiger partial charge in [-0.05, 0) is 66.8 Å². The zero-order valence-electron chi connectivity index (χ0n) is 12.1. The van der Waals surface area contributed by atoms with Gasteiger partial charge in [0.25, 0.3) is 0 Å². The van der Waals surface area contributed by atoms with Gasteiger partial charge in [-0.2, -0.15) is 5.10 Å². The smallest absolute Gasteiger partial charge is 0.241 e. The van der Waals surface area contributed by atoms with E-state index < -0.39 is 0 Å². The molecule has 0 aliphatic heterocycles. The maximum absolute atomic E-state index is 12.1. The molecule has 1 aromatic heterocycles. The first-order valence-corrected chi connectivity index (χ1v) is 8.31. The molecule has 1 amide bonds. The Hall–Kier alpha value is -0.840. The van der Waals surface area contributed by atoms with E-state index in [0.29, 0.717) is 12.5 Å². The summed E-state index contributed by atoms with van der Waals surface area (Å²) < 4.78 is 2.65. The van der Waals surface area contributed by atoms with Crippen LogP contribution in [0, 0.1) is 24.7 Å². The number of amides is 1. The number of aryl methyl sites for hydroxylation is 1. The van der Waals surface area contributed by atoms with Crippen molar-refractivity contribution in [2.45, 2.75) is 52.1 Å². The van der Waals surface area contributed by atoms with Gasteiger partial charge in [-0.15, -0.1) is 0 Å². The number of hydrogen-bond acceptors (Lipinski definition) is 2. The molecule has 0 radical (unpaired) electrons. The molecule has 5 heteroatoms. The number of hydrogen-bond donors (Lipinski definition) is 1. The molecule has 3 rings (SSSR count). The number of nitrogens with one attached hydrogen (secondary N) is 1. The van der Waals surface area contributed by atoms with Gasteiger partial charge < -0.3 is 5.32 Å². The highest BCUT2D eigenvalue weighted by Gasteiger charge is 2.42. The third-order valence-electron chi connectivity index (χ3n) is 5.02. The molecular formula is C15H22BrN3O. The van der Waals surface area contributed by atoms with E-state index in [1.165, 1.54) is 25.7 Å². The van der Waals surface area contributed by atoms with Crippen molar-refractivity contribution in [3.8, 4) is 0 Å². The molecule has 2 fully saturated rings. The van der Waals surface area contributed by atoms with E-state index in [9.17, 15) is 4.79 Å². The second kappa shape index (κ2) is 5.51. The van der Waals surface area contributed by atoms with Crippen molar-refractivity contribution in [1.82, 2.24) is 15.1 Å². The van der Waals surface area contributed by atoms with Crippen molar-refractivity contribution < 1.29 is 4.79 Å². The van der Waals surface area contributed by atoms with Crippen molar-refractivity contribution in [3.05, 3.63) is 16.4 Å². The lowest BCUT2D eigenvalue weighted by atomic mass is 9.84. The Balaban J connectivity index is 1.53. The maximum Gasteiger partial charge on any atom is 0.241 e. The highest BCUT2D eigenvalue weighted by molar-refractivity contribution is 9.10. The molecule has 0 spiro atoms. The predicted octanol–water partition coefficient (Wildman–Crippen LogP) is 2.89. The summed E-state index contributed by atoms with van der Waals surface area (Å²) in [5, 5.41) is 7.47. The minimum absolute atomic E-state index is 0.0651. The Bertz CT molecular complexity index is 494. The topological polar surface area (TPSA) is 46.9 Å². The van der Waals surface area contributed by atoms with E-state index >= 15 is 0 Å². The number of fused-ring (bicyclic) bond motifs is 2. The zero-order chi connectivity index (χ0) is 14.3. The second-order valence-corrected chi connectivity index (χ2v) is 7.31. The summed E-state index contributed by atoms with van der Waals surface area (Å²) >= 11 is 3.42. The molecule has 2 aliphatic carbocycles. The average molecular weight is 340 g/mol. The normalized spacial score (nSPS) is 29.6. The van der Waals surface area contributed by atoms with Gasteiger partial charge in [-0.3, -0.25) is 9.48 Å². The molecule has 4 atom stereocenters. The number of halogens is 1. The molecule has 4 nitrogen and oxygen atoms in total. The van der Waals surface area contributed by atoms with Crippen LogP contribution in [0.2, 0.25) is 0 Å². The molecule has 2 aliphatic rings. The number of aromatic nitrogens is 2. The highest BCUT2D eigenvalue weighted by atomic mass is 79.9. The van der Waals surface area contributed by atoms with Crippen LogP contribution >= 0.6 is 15.9 Å². The lowest BCUT2D eigenvalue weighted by Gasteiger charge is -2.28. The van der Waals surface area contributed by atoms with Crippen LogP contribution in [0.3, 0.4) is 0 Å². The van der Waals surface area contributed by atoms with Crippen molar-refractivity contribution >= 4 is 21.8 Å². The lowest BCUT2D eigenvalue weighted by Crippen LogP contribution is -2.41. The predicted molar refractivity (Wildman–Crippen MR) is 81.2 cm³/mol. The van der Waals surface area contributed by atoms with E-state index in [1.807, 2.05) is 13.1 Å².